The molecule has 0 bridgehead atoms. The van der Waals surface area contributed by atoms with E-state index >= 15 is 0 Å². The third kappa shape index (κ3) is 3.51. The van der Waals surface area contributed by atoms with E-state index in [9.17, 15) is 9.50 Å². The van der Waals surface area contributed by atoms with Crippen molar-refractivity contribution in [2.75, 3.05) is 11.9 Å². The first-order valence-corrected chi connectivity index (χ1v) is 7.32. The van der Waals surface area contributed by atoms with Crippen LogP contribution in [0.1, 0.15) is 12.8 Å². The molecule has 1 saturated carbocycles. The number of rotatable bonds is 5. The van der Waals surface area contributed by atoms with E-state index in [0.29, 0.717) is 18.1 Å². The molecule has 22 heavy (non-hydrogen) atoms. The van der Waals surface area contributed by atoms with Gasteiger partial charge in [0.15, 0.2) is 0 Å². The third-order valence-corrected chi connectivity index (χ3v) is 3.90. The van der Waals surface area contributed by atoms with Gasteiger partial charge in [0.2, 0.25) is 0 Å². The first kappa shape index (κ1) is 14.7. The fraction of sp³-hybridized carbons (Fsp3) is 0.375. The number of nitrogens with zero attached hydrogens (tertiary/aromatic N) is 2. The molecule has 6 heteroatoms. The zero-order chi connectivity index (χ0) is 15.4. The van der Waals surface area contributed by atoms with E-state index in [4.69, 9.17) is 4.74 Å². The van der Waals surface area contributed by atoms with Crippen LogP contribution in [0.2, 0.25) is 0 Å². The van der Waals surface area contributed by atoms with E-state index in [1.807, 2.05) is 0 Å². The smallest absolute Gasteiger partial charge is 0.144 e. The quantitative estimate of drug-likeness (QED) is 0.887. The van der Waals surface area contributed by atoms with Gasteiger partial charge in [0.25, 0.3) is 0 Å². The van der Waals surface area contributed by atoms with Crippen LogP contribution in [0.25, 0.3) is 0 Å². The van der Waals surface area contributed by atoms with Crippen molar-refractivity contribution in [2.45, 2.75) is 25.0 Å². The lowest BCUT2D eigenvalue weighted by Gasteiger charge is -2.21. The Morgan fingerprint density at radius 3 is 2.77 bits per heavy atom. The normalized spacial score (nSPS) is 24.2. The van der Waals surface area contributed by atoms with Crippen LogP contribution in [-0.2, 0) is 0 Å². The predicted molar refractivity (Wildman–Crippen MR) is 80.1 cm³/mol. The number of anilines is 1. The van der Waals surface area contributed by atoms with Gasteiger partial charge in [-0.25, -0.2) is 9.37 Å². The lowest BCUT2D eigenvalue weighted by Crippen LogP contribution is -2.33. The maximum Gasteiger partial charge on any atom is 0.144 e. The van der Waals surface area contributed by atoms with Gasteiger partial charge in [-0.1, -0.05) is 0 Å². The molecule has 1 fully saturated rings. The molecule has 3 atom stereocenters. The minimum absolute atomic E-state index is 0.0902. The fourth-order valence-corrected chi connectivity index (χ4v) is 2.69. The van der Waals surface area contributed by atoms with Crippen molar-refractivity contribution in [2.24, 2.45) is 5.92 Å². The van der Waals surface area contributed by atoms with E-state index in [1.165, 1.54) is 12.1 Å². The van der Waals surface area contributed by atoms with Crippen LogP contribution in [0.15, 0.2) is 42.9 Å². The molecule has 2 aromatic rings. The highest BCUT2D eigenvalue weighted by molar-refractivity contribution is 5.30. The molecule has 1 aromatic carbocycles. The molecule has 116 valence electrons. The lowest BCUT2D eigenvalue weighted by atomic mass is 10.1. The summed E-state index contributed by atoms with van der Waals surface area (Å²) in [5.41, 5.74) is 0. The Morgan fingerprint density at radius 1 is 1.23 bits per heavy atom. The van der Waals surface area contributed by atoms with Crippen molar-refractivity contribution in [3.8, 4) is 5.75 Å². The van der Waals surface area contributed by atoms with Gasteiger partial charge >= 0.3 is 0 Å². The molecule has 1 heterocycles. The Balaban J connectivity index is 1.53. The molecular formula is C16H18FN3O2. The van der Waals surface area contributed by atoms with Gasteiger partial charge in [-0.05, 0) is 37.1 Å². The van der Waals surface area contributed by atoms with Crippen molar-refractivity contribution >= 4 is 5.82 Å². The topological polar surface area (TPSA) is 67.3 Å². The van der Waals surface area contributed by atoms with Gasteiger partial charge in [-0.2, -0.15) is 0 Å². The summed E-state index contributed by atoms with van der Waals surface area (Å²) in [6, 6.07) is 5.86. The van der Waals surface area contributed by atoms with Gasteiger partial charge < -0.3 is 15.2 Å². The Morgan fingerprint density at radius 2 is 2.05 bits per heavy atom. The summed E-state index contributed by atoms with van der Waals surface area (Å²) < 4.78 is 18.6. The van der Waals surface area contributed by atoms with E-state index < -0.39 is 6.10 Å². The maximum absolute atomic E-state index is 12.9. The molecule has 0 unspecified atom stereocenters. The van der Waals surface area contributed by atoms with Gasteiger partial charge in [0.1, 0.15) is 23.5 Å². The summed E-state index contributed by atoms with van der Waals surface area (Å²) >= 11 is 0. The number of benzene rings is 1. The average Bonchev–Trinajstić information content (AvgIpc) is 2.89. The summed E-state index contributed by atoms with van der Waals surface area (Å²) in [7, 11) is 0. The van der Waals surface area contributed by atoms with E-state index in [-0.39, 0.29) is 17.8 Å². The Kier molecular flexibility index (Phi) is 4.48. The third-order valence-electron chi connectivity index (χ3n) is 3.90. The fourth-order valence-electron chi connectivity index (χ4n) is 2.69. The Bertz CT molecular complexity index is 594. The largest absolute Gasteiger partial charge is 0.488 e. The molecule has 0 spiro atoms. The number of aromatic nitrogens is 2. The monoisotopic (exact) mass is 303 g/mol. The predicted octanol–water partition coefficient (Wildman–Crippen LogP) is 2.25. The van der Waals surface area contributed by atoms with Gasteiger partial charge in [-0.3, -0.25) is 4.98 Å². The van der Waals surface area contributed by atoms with Gasteiger partial charge in [-0.15, -0.1) is 0 Å². The molecule has 1 aliphatic carbocycles. The van der Waals surface area contributed by atoms with Crippen molar-refractivity contribution in [3.05, 3.63) is 48.7 Å². The molecule has 3 rings (SSSR count). The molecular weight excluding hydrogens is 285 g/mol. The molecule has 2 N–H and O–H groups in total. The minimum atomic E-state index is -0.561. The second kappa shape index (κ2) is 6.70. The number of ether oxygens (including phenoxy) is 1. The number of hydrogen-bond acceptors (Lipinski definition) is 5. The van der Waals surface area contributed by atoms with E-state index in [0.717, 1.165) is 12.8 Å². The van der Waals surface area contributed by atoms with Crippen molar-refractivity contribution in [3.63, 3.8) is 0 Å². The minimum Gasteiger partial charge on any atom is -0.488 e. The van der Waals surface area contributed by atoms with Crippen molar-refractivity contribution < 1.29 is 14.2 Å². The van der Waals surface area contributed by atoms with E-state index in [2.05, 4.69) is 15.3 Å². The molecule has 0 aliphatic heterocycles. The Labute approximate surface area is 128 Å². The number of aliphatic hydroxyl groups excluding tert-OH is 1. The summed E-state index contributed by atoms with van der Waals surface area (Å²) in [5, 5.41) is 13.5. The highest BCUT2D eigenvalue weighted by atomic mass is 19.1. The highest BCUT2D eigenvalue weighted by Crippen LogP contribution is 2.30. The summed E-state index contributed by atoms with van der Waals surface area (Å²) in [5.74, 6) is 1.06. The SMILES string of the molecule is O[C@@H]1[C@@H](CNc2cnccn2)CC[C@H]1Oc1ccc(F)cc1. The molecule has 0 amide bonds. The Hall–Kier alpha value is -2.21. The second-order valence-electron chi connectivity index (χ2n) is 5.41. The van der Waals surface area contributed by atoms with Crippen LogP contribution in [-0.4, -0.2) is 33.8 Å². The zero-order valence-electron chi connectivity index (χ0n) is 12.0. The number of halogens is 1. The average molecular weight is 303 g/mol. The van der Waals surface area contributed by atoms with Crippen LogP contribution in [0, 0.1) is 11.7 Å². The molecule has 1 aromatic heterocycles. The van der Waals surface area contributed by atoms with Crippen molar-refractivity contribution in [1.29, 1.82) is 0 Å². The van der Waals surface area contributed by atoms with E-state index in [1.54, 1.807) is 30.7 Å². The molecule has 0 radical (unpaired) electrons. The molecule has 0 saturated heterocycles. The molecule has 1 aliphatic rings. The standard InChI is InChI=1S/C16H18FN3O2/c17-12-2-4-13(5-3-12)22-14-6-1-11(16(14)21)9-20-15-10-18-7-8-19-15/h2-5,7-8,10-11,14,16,21H,1,6,9H2,(H,19,20)/t11-,14-,16-/m1/s1. The van der Waals surface area contributed by atoms with Crippen LogP contribution >= 0.6 is 0 Å². The summed E-state index contributed by atoms with van der Waals surface area (Å²) in [6.45, 7) is 0.614. The first-order chi connectivity index (χ1) is 10.7. The van der Waals surface area contributed by atoms with Gasteiger partial charge in [0, 0.05) is 24.9 Å². The lowest BCUT2D eigenvalue weighted by molar-refractivity contribution is 0.0379. The van der Waals surface area contributed by atoms with Crippen LogP contribution < -0.4 is 10.1 Å². The molecule has 5 nitrogen and oxygen atoms in total. The highest BCUT2D eigenvalue weighted by Gasteiger charge is 2.36. The van der Waals surface area contributed by atoms with Crippen LogP contribution in [0.3, 0.4) is 0 Å². The van der Waals surface area contributed by atoms with Crippen LogP contribution in [0.4, 0.5) is 10.2 Å². The van der Waals surface area contributed by atoms with Crippen LogP contribution in [0.5, 0.6) is 5.75 Å². The number of aliphatic hydroxyl groups is 1. The zero-order valence-corrected chi connectivity index (χ0v) is 12.0. The van der Waals surface area contributed by atoms with Crippen molar-refractivity contribution in [1.82, 2.24) is 9.97 Å². The summed E-state index contributed by atoms with van der Waals surface area (Å²) in [6.07, 6.45) is 5.68. The number of nitrogens with one attached hydrogen (secondary N) is 1. The maximum atomic E-state index is 12.9. The van der Waals surface area contributed by atoms with Gasteiger partial charge in [0.05, 0.1) is 12.3 Å². The first-order valence-electron chi connectivity index (χ1n) is 7.32. The second-order valence-corrected chi connectivity index (χ2v) is 5.41. The summed E-state index contributed by atoms with van der Waals surface area (Å²) in [4.78, 5) is 8.12. The number of hydrogen-bond donors (Lipinski definition) is 2.